The summed E-state index contributed by atoms with van der Waals surface area (Å²) < 4.78 is 5.17. The van der Waals surface area contributed by atoms with Crippen molar-refractivity contribution in [2.75, 3.05) is 39.9 Å². The maximum Gasteiger partial charge on any atom is 0.244 e. The molecule has 0 saturated carbocycles. The van der Waals surface area contributed by atoms with E-state index in [9.17, 15) is 14.4 Å². The average molecular weight is 258 g/mol. The number of ether oxygens (including phenoxy) is 1. The van der Waals surface area contributed by atoms with Gasteiger partial charge in [0.2, 0.25) is 17.7 Å². The molecule has 0 radical (unpaired) electrons. The van der Waals surface area contributed by atoms with Crippen LogP contribution in [0.25, 0.3) is 0 Å². The Hall–Kier alpha value is -1.67. The highest BCUT2D eigenvalue weighted by Crippen LogP contribution is 2.07. The van der Waals surface area contributed by atoms with Crippen LogP contribution in [0.2, 0.25) is 0 Å². The summed E-state index contributed by atoms with van der Waals surface area (Å²) in [5, 5.41) is 4.85. The molecule has 4 N–H and O–H groups in total. The van der Waals surface area contributed by atoms with Gasteiger partial charge in [-0.05, 0) is 0 Å². The van der Waals surface area contributed by atoms with Gasteiger partial charge in [-0.2, -0.15) is 0 Å². The predicted molar refractivity (Wildman–Crippen MR) is 62.5 cm³/mol. The van der Waals surface area contributed by atoms with Crippen LogP contribution in [-0.4, -0.2) is 68.6 Å². The molecule has 1 aliphatic rings. The fourth-order valence-electron chi connectivity index (χ4n) is 1.63. The Morgan fingerprint density at radius 2 is 2.17 bits per heavy atom. The van der Waals surface area contributed by atoms with E-state index in [0.29, 0.717) is 13.2 Å². The number of hydrogen-bond donors (Lipinski definition) is 3. The first-order valence-electron chi connectivity index (χ1n) is 5.65. The van der Waals surface area contributed by atoms with Crippen molar-refractivity contribution in [2.24, 2.45) is 5.73 Å². The second kappa shape index (κ2) is 6.92. The smallest absolute Gasteiger partial charge is 0.244 e. The van der Waals surface area contributed by atoms with Crippen LogP contribution in [0.3, 0.4) is 0 Å². The van der Waals surface area contributed by atoms with Crippen molar-refractivity contribution < 1.29 is 19.1 Å². The highest BCUT2D eigenvalue weighted by Gasteiger charge is 2.32. The minimum absolute atomic E-state index is 0.163. The minimum Gasteiger partial charge on any atom is -0.377 e. The quantitative estimate of drug-likeness (QED) is 0.498. The van der Waals surface area contributed by atoms with Crippen LogP contribution < -0.4 is 16.4 Å². The Labute approximate surface area is 105 Å². The predicted octanol–water partition coefficient (Wildman–Crippen LogP) is -2.97. The molecule has 1 rings (SSSR count). The van der Waals surface area contributed by atoms with E-state index in [1.165, 1.54) is 11.9 Å². The number of carbonyl (C=O) groups is 3. The highest BCUT2D eigenvalue weighted by molar-refractivity contribution is 5.90. The summed E-state index contributed by atoms with van der Waals surface area (Å²) in [5.74, 6) is -1.02. The zero-order chi connectivity index (χ0) is 13.5. The molecule has 0 aromatic carbocycles. The zero-order valence-electron chi connectivity index (χ0n) is 10.3. The Morgan fingerprint density at radius 3 is 2.78 bits per heavy atom. The molecule has 0 aliphatic carbocycles. The topological polar surface area (TPSA) is 114 Å². The van der Waals surface area contributed by atoms with E-state index >= 15 is 0 Å². The van der Waals surface area contributed by atoms with E-state index < -0.39 is 11.9 Å². The number of rotatable bonds is 4. The van der Waals surface area contributed by atoms with E-state index in [-0.39, 0.29) is 31.5 Å². The largest absolute Gasteiger partial charge is 0.377 e. The van der Waals surface area contributed by atoms with Gasteiger partial charge in [-0.15, -0.1) is 0 Å². The van der Waals surface area contributed by atoms with Crippen LogP contribution in [0.15, 0.2) is 0 Å². The van der Waals surface area contributed by atoms with Crippen molar-refractivity contribution in [3.8, 4) is 0 Å². The second-order valence-electron chi connectivity index (χ2n) is 3.77. The lowest BCUT2D eigenvalue weighted by Gasteiger charge is -2.34. The number of morpholine rings is 1. The first-order valence-corrected chi connectivity index (χ1v) is 5.65. The lowest BCUT2D eigenvalue weighted by atomic mass is 10.2. The number of nitrogens with one attached hydrogen (secondary N) is 2. The summed E-state index contributed by atoms with van der Waals surface area (Å²) in [6.07, 6.45) is 0. The third-order valence-corrected chi connectivity index (χ3v) is 2.62. The van der Waals surface area contributed by atoms with Crippen molar-refractivity contribution in [2.45, 2.75) is 6.04 Å². The molecule has 8 nitrogen and oxygen atoms in total. The van der Waals surface area contributed by atoms with Gasteiger partial charge in [0, 0.05) is 13.6 Å². The van der Waals surface area contributed by atoms with Gasteiger partial charge >= 0.3 is 0 Å². The fourth-order valence-corrected chi connectivity index (χ4v) is 1.63. The van der Waals surface area contributed by atoms with Crippen molar-refractivity contribution in [3.05, 3.63) is 0 Å². The van der Waals surface area contributed by atoms with Gasteiger partial charge in [0.05, 0.1) is 26.3 Å². The van der Waals surface area contributed by atoms with Crippen LogP contribution in [0.1, 0.15) is 0 Å². The van der Waals surface area contributed by atoms with Gasteiger partial charge in [-0.3, -0.25) is 14.4 Å². The Morgan fingerprint density at radius 1 is 1.44 bits per heavy atom. The monoisotopic (exact) mass is 258 g/mol. The number of nitrogens with zero attached hydrogens (tertiary/aromatic N) is 1. The zero-order valence-corrected chi connectivity index (χ0v) is 10.3. The third kappa shape index (κ3) is 3.67. The standard InChI is InChI=1S/C10H18N4O4/c1-12-10(17)7-6-18-3-2-14(7)9(16)5-13-8(15)4-11/h7H,2-6,11H2,1H3,(H,12,17)(H,13,15). The van der Waals surface area contributed by atoms with Gasteiger partial charge in [0.25, 0.3) is 0 Å². The lowest BCUT2D eigenvalue weighted by molar-refractivity contribution is -0.148. The molecule has 1 saturated heterocycles. The SMILES string of the molecule is CNC(=O)C1COCCN1C(=O)CNC(=O)CN. The van der Waals surface area contributed by atoms with E-state index in [4.69, 9.17) is 10.5 Å². The molecule has 0 bridgehead atoms. The summed E-state index contributed by atoms with van der Waals surface area (Å²) in [6, 6.07) is -0.647. The van der Waals surface area contributed by atoms with E-state index in [0.717, 1.165) is 0 Å². The molecule has 1 unspecified atom stereocenters. The lowest BCUT2D eigenvalue weighted by Crippen LogP contribution is -2.57. The molecule has 3 amide bonds. The van der Waals surface area contributed by atoms with Crippen LogP contribution >= 0.6 is 0 Å². The van der Waals surface area contributed by atoms with E-state index in [1.54, 1.807) is 0 Å². The first kappa shape index (κ1) is 14.4. The summed E-state index contributed by atoms with van der Waals surface area (Å²) in [7, 11) is 1.50. The van der Waals surface area contributed by atoms with Gasteiger partial charge in [0.1, 0.15) is 6.04 Å². The maximum atomic E-state index is 11.9. The normalized spacial score (nSPS) is 19.2. The molecular weight excluding hydrogens is 240 g/mol. The molecule has 18 heavy (non-hydrogen) atoms. The second-order valence-corrected chi connectivity index (χ2v) is 3.77. The number of likely N-dealkylation sites (N-methyl/N-ethyl adjacent to an activating group) is 1. The van der Waals surface area contributed by atoms with Gasteiger partial charge < -0.3 is 26.0 Å². The Bertz CT molecular complexity index is 334. The van der Waals surface area contributed by atoms with Crippen molar-refractivity contribution in [3.63, 3.8) is 0 Å². The summed E-state index contributed by atoms with van der Waals surface area (Å²) >= 11 is 0. The molecule has 1 heterocycles. The number of hydrogen-bond acceptors (Lipinski definition) is 5. The number of nitrogens with two attached hydrogens (primary N) is 1. The van der Waals surface area contributed by atoms with Crippen molar-refractivity contribution in [1.29, 1.82) is 0 Å². The minimum atomic E-state index is -0.647. The molecule has 1 fully saturated rings. The van der Waals surface area contributed by atoms with E-state index in [1.807, 2.05) is 0 Å². The van der Waals surface area contributed by atoms with Crippen LogP contribution in [-0.2, 0) is 19.1 Å². The third-order valence-electron chi connectivity index (χ3n) is 2.62. The molecule has 0 aromatic rings. The maximum absolute atomic E-state index is 11.9. The molecular formula is C10H18N4O4. The molecule has 0 aromatic heterocycles. The van der Waals surface area contributed by atoms with Crippen molar-refractivity contribution in [1.82, 2.24) is 15.5 Å². The van der Waals surface area contributed by atoms with Crippen LogP contribution in [0.5, 0.6) is 0 Å². The number of carbonyl (C=O) groups excluding carboxylic acids is 3. The average Bonchev–Trinajstić information content (AvgIpc) is 2.43. The molecule has 1 atom stereocenters. The summed E-state index contributed by atoms with van der Waals surface area (Å²) in [4.78, 5) is 35.8. The highest BCUT2D eigenvalue weighted by atomic mass is 16.5. The van der Waals surface area contributed by atoms with Gasteiger partial charge in [-0.25, -0.2) is 0 Å². The summed E-state index contributed by atoms with van der Waals surface area (Å²) in [5.41, 5.74) is 5.11. The Balaban J connectivity index is 2.57. The van der Waals surface area contributed by atoms with Crippen LogP contribution in [0, 0.1) is 0 Å². The molecule has 1 aliphatic heterocycles. The molecule has 102 valence electrons. The Kier molecular flexibility index (Phi) is 5.53. The molecule has 0 spiro atoms. The first-order chi connectivity index (χ1) is 8.60. The van der Waals surface area contributed by atoms with Gasteiger partial charge in [-0.1, -0.05) is 0 Å². The van der Waals surface area contributed by atoms with Gasteiger partial charge in [0.15, 0.2) is 0 Å². The van der Waals surface area contributed by atoms with E-state index in [2.05, 4.69) is 10.6 Å². The van der Waals surface area contributed by atoms with Crippen molar-refractivity contribution >= 4 is 17.7 Å². The summed E-state index contributed by atoms with van der Waals surface area (Å²) in [6.45, 7) is 0.536. The molecule has 8 heteroatoms. The number of amides is 3. The van der Waals surface area contributed by atoms with Crippen LogP contribution in [0.4, 0.5) is 0 Å². The fraction of sp³-hybridized carbons (Fsp3) is 0.700.